The SMILES string of the molecule is Cl.NC(=O)c1ccc(F)c(NC(=O)C2CCNC2)c1. The Kier molecular flexibility index (Phi) is 5.26. The van der Waals surface area contributed by atoms with Crippen molar-refractivity contribution in [2.45, 2.75) is 6.42 Å². The number of carbonyl (C=O) groups excluding carboxylic acids is 2. The van der Waals surface area contributed by atoms with Gasteiger partial charge in [0.15, 0.2) is 0 Å². The Hall–Kier alpha value is -1.66. The number of nitrogens with one attached hydrogen (secondary N) is 2. The largest absolute Gasteiger partial charge is 0.366 e. The van der Waals surface area contributed by atoms with Gasteiger partial charge in [-0.3, -0.25) is 9.59 Å². The standard InChI is InChI=1S/C12H14FN3O2.ClH/c13-9-2-1-7(11(14)17)5-10(9)16-12(18)8-3-4-15-6-8;/h1-2,5,8,15H,3-4,6H2,(H2,14,17)(H,16,18);1H. The van der Waals surface area contributed by atoms with E-state index in [9.17, 15) is 14.0 Å². The van der Waals surface area contributed by atoms with Gasteiger partial charge in [0.25, 0.3) is 0 Å². The first-order valence-electron chi connectivity index (χ1n) is 5.69. The molecule has 1 atom stereocenters. The van der Waals surface area contributed by atoms with Gasteiger partial charge in [-0.1, -0.05) is 0 Å². The predicted molar refractivity (Wildman–Crippen MR) is 71.8 cm³/mol. The van der Waals surface area contributed by atoms with Gasteiger partial charge in [0.05, 0.1) is 11.6 Å². The molecule has 7 heteroatoms. The summed E-state index contributed by atoms with van der Waals surface area (Å²) in [5.41, 5.74) is 5.25. The Bertz CT molecular complexity index is 490. The maximum Gasteiger partial charge on any atom is 0.248 e. The van der Waals surface area contributed by atoms with Crippen molar-refractivity contribution in [2.75, 3.05) is 18.4 Å². The molecule has 0 aliphatic carbocycles. The molecule has 1 aliphatic heterocycles. The van der Waals surface area contributed by atoms with Crippen molar-refractivity contribution in [3.05, 3.63) is 29.6 Å². The zero-order valence-corrected chi connectivity index (χ0v) is 10.9. The van der Waals surface area contributed by atoms with E-state index < -0.39 is 11.7 Å². The Morgan fingerprint density at radius 3 is 2.74 bits per heavy atom. The fourth-order valence-electron chi connectivity index (χ4n) is 1.89. The highest BCUT2D eigenvalue weighted by Crippen LogP contribution is 2.18. The summed E-state index contributed by atoms with van der Waals surface area (Å²) in [5.74, 6) is -1.66. The van der Waals surface area contributed by atoms with Crippen molar-refractivity contribution < 1.29 is 14.0 Å². The van der Waals surface area contributed by atoms with E-state index in [4.69, 9.17) is 5.73 Å². The summed E-state index contributed by atoms with van der Waals surface area (Å²) in [4.78, 5) is 22.8. The van der Waals surface area contributed by atoms with Crippen LogP contribution in [0.25, 0.3) is 0 Å². The molecule has 0 spiro atoms. The first-order valence-corrected chi connectivity index (χ1v) is 5.69. The van der Waals surface area contributed by atoms with Crippen molar-refractivity contribution >= 4 is 29.9 Å². The lowest BCUT2D eigenvalue weighted by Gasteiger charge is -2.11. The Morgan fingerprint density at radius 1 is 1.42 bits per heavy atom. The maximum absolute atomic E-state index is 13.5. The average Bonchev–Trinajstić information content (AvgIpc) is 2.85. The highest BCUT2D eigenvalue weighted by atomic mass is 35.5. The predicted octanol–water partition coefficient (Wildman–Crippen LogP) is 0.894. The molecule has 0 aromatic heterocycles. The monoisotopic (exact) mass is 287 g/mol. The molecule has 1 heterocycles. The van der Waals surface area contributed by atoms with E-state index in [-0.39, 0.29) is 35.5 Å². The summed E-state index contributed by atoms with van der Waals surface area (Å²) in [7, 11) is 0. The Balaban J connectivity index is 0.00000180. The van der Waals surface area contributed by atoms with E-state index in [0.29, 0.717) is 6.54 Å². The lowest BCUT2D eigenvalue weighted by atomic mass is 10.1. The summed E-state index contributed by atoms with van der Waals surface area (Å²) in [6, 6.07) is 3.64. The van der Waals surface area contributed by atoms with Gasteiger partial charge in [-0.05, 0) is 31.2 Å². The van der Waals surface area contributed by atoms with Gasteiger partial charge in [-0.25, -0.2) is 4.39 Å². The van der Waals surface area contributed by atoms with E-state index in [0.717, 1.165) is 19.0 Å². The van der Waals surface area contributed by atoms with Crippen LogP contribution in [-0.4, -0.2) is 24.9 Å². The fraction of sp³-hybridized carbons (Fsp3) is 0.333. The molecule has 1 fully saturated rings. The third-order valence-electron chi connectivity index (χ3n) is 2.94. The normalized spacial score (nSPS) is 17.6. The minimum absolute atomic E-state index is 0. The highest BCUT2D eigenvalue weighted by molar-refractivity contribution is 5.97. The van der Waals surface area contributed by atoms with Crippen molar-refractivity contribution in [2.24, 2.45) is 11.7 Å². The second kappa shape index (κ2) is 6.49. The summed E-state index contributed by atoms with van der Waals surface area (Å²) >= 11 is 0. The molecule has 0 saturated carbocycles. The minimum atomic E-state index is -0.659. The second-order valence-electron chi connectivity index (χ2n) is 4.24. The van der Waals surface area contributed by atoms with Crippen LogP contribution in [0.5, 0.6) is 0 Å². The molecule has 5 nitrogen and oxygen atoms in total. The number of carbonyl (C=O) groups is 2. The molecule has 19 heavy (non-hydrogen) atoms. The Morgan fingerprint density at radius 2 is 2.16 bits per heavy atom. The van der Waals surface area contributed by atoms with Crippen LogP contribution >= 0.6 is 12.4 Å². The van der Waals surface area contributed by atoms with Gasteiger partial charge in [0.1, 0.15) is 5.82 Å². The topological polar surface area (TPSA) is 84.2 Å². The third kappa shape index (κ3) is 3.65. The second-order valence-corrected chi connectivity index (χ2v) is 4.24. The zero-order valence-electron chi connectivity index (χ0n) is 10.1. The quantitative estimate of drug-likeness (QED) is 0.772. The summed E-state index contributed by atoms with van der Waals surface area (Å²) in [6.07, 6.45) is 0.725. The molecule has 1 aromatic carbocycles. The van der Waals surface area contributed by atoms with Crippen molar-refractivity contribution in [3.8, 4) is 0 Å². The van der Waals surface area contributed by atoms with Gasteiger partial charge in [-0.15, -0.1) is 12.4 Å². The summed E-state index contributed by atoms with van der Waals surface area (Å²) in [6.45, 7) is 1.37. The van der Waals surface area contributed by atoms with E-state index in [1.54, 1.807) is 0 Å². The molecule has 2 amide bonds. The minimum Gasteiger partial charge on any atom is -0.366 e. The van der Waals surface area contributed by atoms with Crippen LogP contribution in [0.1, 0.15) is 16.8 Å². The van der Waals surface area contributed by atoms with E-state index in [2.05, 4.69) is 10.6 Å². The first kappa shape index (κ1) is 15.4. The molecule has 104 valence electrons. The zero-order chi connectivity index (χ0) is 13.1. The molecule has 4 N–H and O–H groups in total. The summed E-state index contributed by atoms with van der Waals surface area (Å²) in [5, 5.41) is 5.54. The number of amides is 2. The van der Waals surface area contributed by atoms with E-state index in [1.807, 2.05) is 0 Å². The van der Waals surface area contributed by atoms with Gasteiger partial charge >= 0.3 is 0 Å². The van der Waals surface area contributed by atoms with Crippen molar-refractivity contribution in [3.63, 3.8) is 0 Å². The number of hydrogen-bond donors (Lipinski definition) is 3. The molecule has 1 saturated heterocycles. The third-order valence-corrected chi connectivity index (χ3v) is 2.94. The van der Waals surface area contributed by atoms with Gasteiger partial charge in [0.2, 0.25) is 11.8 Å². The molecule has 1 aliphatic rings. The van der Waals surface area contributed by atoms with Crippen LogP contribution in [-0.2, 0) is 4.79 Å². The van der Waals surface area contributed by atoms with Crippen LogP contribution in [0.2, 0.25) is 0 Å². The van der Waals surface area contributed by atoms with Crippen LogP contribution in [0.4, 0.5) is 10.1 Å². The van der Waals surface area contributed by atoms with Crippen LogP contribution in [0.3, 0.4) is 0 Å². The molecule has 0 radical (unpaired) electrons. The van der Waals surface area contributed by atoms with Crippen LogP contribution < -0.4 is 16.4 Å². The van der Waals surface area contributed by atoms with E-state index in [1.165, 1.54) is 12.1 Å². The molecule has 1 aromatic rings. The number of benzene rings is 1. The lowest BCUT2D eigenvalue weighted by molar-refractivity contribution is -0.119. The van der Waals surface area contributed by atoms with Gasteiger partial charge in [0, 0.05) is 12.1 Å². The molecule has 2 rings (SSSR count). The molecular formula is C12H15ClFN3O2. The smallest absolute Gasteiger partial charge is 0.248 e. The average molecular weight is 288 g/mol. The van der Waals surface area contributed by atoms with Crippen LogP contribution in [0.15, 0.2) is 18.2 Å². The number of halogens is 2. The van der Waals surface area contributed by atoms with Crippen LogP contribution in [0, 0.1) is 11.7 Å². The fourth-order valence-corrected chi connectivity index (χ4v) is 1.89. The number of hydrogen-bond acceptors (Lipinski definition) is 3. The number of rotatable bonds is 3. The highest BCUT2D eigenvalue weighted by Gasteiger charge is 2.23. The summed E-state index contributed by atoms with van der Waals surface area (Å²) < 4.78 is 13.5. The molecule has 1 unspecified atom stereocenters. The maximum atomic E-state index is 13.5. The lowest BCUT2D eigenvalue weighted by Crippen LogP contribution is -2.25. The number of anilines is 1. The van der Waals surface area contributed by atoms with Crippen molar-refractivity contribution in [1.29, 1.82) is 0 Å². The number of primary amides is 1. The van der Waals surface area contributed by atoms with Gasteiger partial charge in [-0.2, -0.15) is 0 Å². The molecule has 0 bridgehead atoms. The number of nitrogens with two attached hydrogens (primary N) is 1. The van der Waals surface area contributed by atoms with Crippen molar-refractivity contribution in [1.82, 2.24) is 5.32 Å². The van der Waals surface area contributed by atoms with Gasteiger partial charge < -0.3 is 16.4 Å². The Labute approximate surface area is 116 Å². The van der Waals surface area contributed by atoms with E-state index >= 15 is 0 Å². The molecular weight excluding hydrogens is 273 g/mol. The first-order chi connectivity index (χ1) is 8.58.